The van der Waals surface area contributed by atoms with E-state index in [1.807, 2.05) is 0 Å². The van der Waals surface area contributed by atoms with Gasteiger partial charge in [-0.3, -0.25) is 0 Å². The van der Waals surface area contributed by atoms with Crippen LogP contribution in [-0.2, 0) is 0 Å². The van der Waals surface area contributed by atoms with Gasteiger partial charge in [0, 0.05) is 12.0 Å². The molecule has 0 bridgehead atoms. The maximum atomic E-state index is 6.68. The molecule has 0 saturated heterocycles. The average molecular weight is 138 g/mol. The topological polar surface area (TPSA) is 30.4 Å². The number of hydrogen-bond acceptors (Lipinski definition) is 1. The maximum absolute atomic E-state index is 6.68. The van der Waals surface area contributed by atoms with Crippen LogP contribution in [0.15, 0.2) is 0 Å². The second-order valence-electron chi connectivity index (χ2n) is 3.12. The van der Waals surface area contributed by atoms with Crippen molar-refractivity contribution in [3.63, 3.8) is 0 Å². The molecule has 0 heterocycles. The van der Waals surface area contributed by atoms with Crippen LogP contribution >= 0.6 is 0 Å². The molecule has 0 aliphatic heterocycles. The van der Waals surface area contributed by atoms with Gasteiger partial charge in [-0.05, 0) is 25.7 Å². The smallest absolute Gasteiger partial charge is 0.217 e. The molecule has 2 heteroatoms. The molecule has 56 valence electrons. The van der Waals surface area contributed by atoms with Crippen molar-refractivity contribution in [2.24, 2.45) is 11.7 Å². The monoisotopic (exact) mass is 138 g/mol. The molecule has 0 amide bonds. The van der Waals surface area contributed by atoms with Crippen LogP contribution in [-0.4, -0.2) is 12.6 Å². The molecule has 0 unspecified atom stereocenters. The van der Waals surface area contributed by atoms with Crippen molar-refractivity contribution in [2.75, 3.05) is 6.54 Å². The fraction of sp³-hybridized carbons (Fsp3) is 0.875. The Bertz CT molecular complexity index is 129. The zero-order chi connectivity index (χ0) is 7.40. The van der Waals surface area contributed by atoms with E-state index in [-0.39, 0.29) is 0 Å². The first kappa shape index (κ1) is 7.56. The summed E-state index contributed by atoms with van der Waals surface area (Å²) in [4.78, 5) is 3.39. The highest BCUT2D eigenvalue weighted by atomic mass is 14.7. The highest BCUT2D eigenvalue weighted by molar-refractivity contribution is 4.78. The minimum atomic E-state index is 0.419. The van der Waals surface area contributed by atoms with E-state index in [0.29, 0.717) is 18.5 Å². The SMILES string of the molecule is [C-]#[N+]CC1CCC(N)CC1. The van der Waals surface area contributed by atoms with E-state index in [2.05, 4.69) is 4.85 Å². The van der Waals surface area contributed by atoms with E-state index in [1.54, 1.807) is 0 Å². The highest BCUT2D eigenvalue weighted by Gasteiger charge is 2.19. The van der Waals surface area contributed by atoms with Gasteiger partial charge in [0.2, 0.25) is 6.54 Å². The highest BCUT2D eigenvalue weighted by Crippen LogP contribution is 2.22. The summed E-state index contributed by atoms with van der Waals surface area (Å²) in [6.45, 7) is 7.40. The van der Waals surface area contributed by atoms with Gasteiger partial charge in [-0.25, -0.2) is 6.57 Å². The van der Waals surface area contributed by atoms with E-state index in [0.717, 1.165) is 12.8 Å². The molecule has 1 rings (SSSR count). The summed E-state index contributed by atoms with van der Waals surface area (Å²) in [5, 5.41) is 0. The Labute approximate surface area is 62.2 Å². The van der Waals surface area contributed by atoms with E-state index in [9.17, 15) is 0 Å². The van der Waals surface area contributed by atoms with Crippen LogP contribution in [0.5, 0.6) is 0 Å². The number of rotatable bonds is 1. The molecule has 2 N–H and O–H groups in total. The van der Waals surface area contributed by atoms with Crippen LogP contribution in [0.4, 0.5) is 0 Å². The first-order chi connectivity index (χ1) is 4.83. The number of hydrogen-bond donors (Lipinski definition) is 1. The van der Waals surface area contributed by atoms with E-state index in [1.165, 1.54) is 12.8 Å². The summed E-state index contributed by atoms with van der Waals surface area (Å²) >= 11 is 0. The minimum Gasteiger partial charge on any atom is -0.328 e. The Kier molecular flexibility index (Phi) is 2.70. The molecule has 1 aliphatic rings. The summed E-state index contributed by atoms with van der Waals surface area (Å²) in [5.41, 5.74) is 5.72. The van der Waals surface area contributed by atoms with Crippen LogP contribution in [0.1, 0.15) is 25.7 Å². The summed E-state index contributed by atoms with van der Waals surface area (Å²) in [5.74, 6) is 0.650. The van der Waals surface area contributed by atoms with Gasteiger partial charge in [0.05, 0.1) is 0 Å². The van der Waals surface area contributed by atoms with Gasteiger partial charge in [0.25, 0.3) is 0 Å². The number of nitrogens with zero attached hydrogens (tertiary/aromatic N) is 1. The first-order valence-corrected chi connectivity index (χ1v) is 3.91. The lowest BCUT2D eigenvalue weighted by Crippen LogP contribution is -2.27. The third kappa shape index (κ3) is 2.00. The van der Waals surface area contributed by atoms with Gasteiger partial charge in [-0.2, -0.15) is 0 Å². The van der Waals surface area contributed by atoms with E-state index in [4.69, 9.17) is 12.3 Å². The molecule has 1 aliphatic carbocycles. The Morgan fingerprint density at radius 1 is 1.30 bits per heavy atom. The van der Waals surface area contributed by atoms with Crippen molar-refractivity contribution in [1.82, 2.24) is 0 Å². The van der Waals surface area contributed by atoms with Gasteiger partial charge in [0.15, 0.2) is 0 Å². The lowest BCUT2D eigenvalue weighted by Gasteiger charge is -2.22. The normalized spacial score (nSPS) is 33.2. The van der Waals surface area contributed by atoms with Gasteiger partial charge >= 0.3 is 0 Å². The molecule has 0 aromatic carbocycles. The van der Waals surface area contributed by atoms with Crippen molar-refractivity contribution in [3.8, 4) is 0 Å². The zero-order valence-corrected chi connectivity index (χ0v) is 6.21. The van der Waals surface area contributed by atoms with Crippen LogP contribution in [0, 0.1) is 12.5 Å². The van der Waals surface area contributed by atoms with Crippen molar-refractivity contribution in [2.45, 2.75) is 31.7 Å². The minimum absolute atomic E-state index is 0.419. The standard InChI is InChI=1S/C8H14N2/c1-10-6-7-2-4-8(9)5-3-7/h7-8H,2-6,9H2. The van der Waals surface area contributed by atoms with Crippen molar-refractivity contribution >= 4 is 0 Å². The maximum Gasteiger partial charge on any atom is 0.217 e. The summed E-state index contributed by atoms with van der Waals surface area (Å²) in [6.07, 6.45) is 4.59. The van der Waals surface area contributed by atoms with Gasteiger partial charge < -0.3 is 10.6 Å². The van der Waals surface area contributed by atoms with Crippen molar-refractivity contribution in [1.29, 1.82) is 0 Å². The Morgan fingerprint density at radius 2 is 1.90 bits per heavy atom. The second-order valence-corrected chi connectivity index (χ2v) is 3.12. The lowest BCUT2D eigenvalue weighted by molar-refractivity contribution is 0.343. The average Bonchev–Trinajstić information content (AvgIpc) is 1.95. The largest absolute Gasteiger partial charge is 0.328 e. The number of nitrogens with two attached hydrogens (primary N) is 1. The van der Waals surface area contributed by atoms with Gasteiger partial charge in [-0.15, -0.1) is 0 Å². The van der Waals surface area contributed by atoms with Crippen molar-refractivity contribution < 1.29 is 0 Å². The van der Waals surface area contributed by atoms with Crippen LogP contribution in [0.2, 0.25) is 0 Å². The molecular weight excluding hydrogens is 124 g/mol. The van der Waals surface area contributed by atoms with Crippen molar-refractivity contribution in [3.05, 3.63) is 11.4 Å². The molecular formula is C8H14N2. The quantitative estimate of drug-likeness (QED) is 0.546. The predicted molar refractivity (Wildman–Crippen MR) is 41.4 cm³/mol. The lowest BCUT2D eigenvalue weighted by atomic mass is 9.87. The molecule has 0 atom stereocenters. The molecule has 1 fully saturated rings. The summed E-state index contributed by atoms with van der Waals surface area (Å²) in [7, 11) is 0. The Morgan fingerprint density at radius 3 is 2.40 bits per heavy atom. The van der Waals surface area contributed by atoms with E-state index < -0.39 is 0 Å². The second kappa shape index (κ2) is 3.58. The Balaban J connectivity index is 2.21. The summed E-state index contributed by atoms with van der Waals surface area (Å²) < 4.78 is 0. The fourth-order valence-electron chi connectivity index (χ4n) is 1.50. The van der Waals surface area contributed by atoms with Crippen LogP contribution in [0.25, 0.3) is 4.85 Å². The summed E-state index contributed by atoms with van der Waals surface area (Å²) in [6, 6.07) is 0.419. The first-order valence-electron chi connectivity index (χ1n) is 3.91. The fourth-order valence-corrected chi connectivity index (χ4v) is 1.50. The van der Waals surface area contributed by atoms with Gasteiger partial charge in [-0.1, -0.05) is 0 Å². The van der Waals surface area contributed by atoms with Crippen LogP contribution < -0.4 is 5.73 Å². The molecule has 0 spiro atoms. The molecule has 0 radical (unpaired) electrons. The molecule has 0 aromatic heterocycles. The zero-order valence-electron chi connectivity index (χ0n) is 6.21. The predicted octanol–water partition coefficient (Wildman–Crippen LogP) is 1.42. The van der Waals surface area contributed by atoms with Crippen LogP contribution in [0.3, 0.4) is 0 Å². The molecule has 0 aromatic rings. The molecule has 2 nitrogen and oxygen atoms in total. The third-order valence-electron chi connectivity index (χ3n) is 2.24. The Hall–Kier alpha value is -0.550. The molecule has 10 heavy (non-hydrogen) atoms. The molecule has 1 saturated carbocycles. The van der Waals surface area contributed by atoms with Gasteiger partial charge in [0.1, 0.15) is 0 Å². The third-order valence-corrected chi connectivity index (χ3v) is 2.24. The van der Waals surface area contributed by atoms with E-state index >= 15 is 0 Å².